The van der Waals surface area contributed by atoms with Gasteiger partial charge in [-0.3, -0.25) is 4.72 Å². The molecule has 0 bridgehead atoms. The third-order valence-electron chi connectivity index (χ3n) is 4.75. The van der Waals surface area contributed by atoms with Gasteiger partial charge in [0.1, 0.15) is 5.75 Å². The highest BCUT2D eigenvalue weighted by molar-refractivity contribution is 7.92. The van der Waals surface area contributed by atoms with Gasteiger partial charge >= 0.3 is 0 Å². The van der Waals surface area contributed by atoms with E-state index in [2.05, 4.69) is 18.6 Å². The van der Waals surface area contributed by atoms with Crippen molar-refractivity contribution in [1.82, 2.24) is 0 Å². The first kappa shape index (κ1) is 22.6. The van der Waals surface area contributed by atoms with Crippen LogP contribution in [0.15, 0.2) is 35.2 Å². The van der Waals surface area contributed by atoms with Crippen LogP contribution >= 0.6 is 11.6 Å². The molecule has 0 aromatic heterocycles. The Morgan fingerprint density at radius 3 is 1.86 bits per heavy atom. The van der Waals surface area contributed by atoms with Crippen molar-refractivity contribution in [1.29, 1.82) is 0 Å². The van der Waals surface area contributed by atoms with Gasteiger partial charge in [0, 0.05) is 5.02 Å². The molecule has 154 valence electrons. The van der Waals surface area contributed by atoms with Gasteiger partial charge in [-0.15, -0.1) is 0 Å². The van der Waals surface area contributed by atoms with Gasteiger partial charge in [0.05, 0.1) is 17.7 Å². The average Bonchev–Trinajstić information content (AvgIpc) is 2.60. The number of rotatable bonds is 7. The molecular formula is C22H30ClNO3S. The summed E-state index contributed by atoms with van der Waals surface area (Å²) in [6.07, 6.45) is 0. The van der Waals surface area contributed by atoms with Gasteiger partial charge in [-0.05, 0) is 52.6 Å². The van der Waals surface area contributed by atoms with Crippen LogP contribution in [0.3, 0.4) is 0 Å². The minimum absolute atomic E-state index is 0.0593. The number of benzene rings is 2. The van der Waals surface area contributed by atoms with E-state index in [4.69, 9.17) is 16.3 Å². The van der Waals surface area contributed by atoms with Crippen LogP contribution in [0.25, 0.3) is 0 Å². The summed E-state index contributed by atoms with van der Waals surface area (Å²) in [5.74, 6) is 0.852. The molecular weight excluding hydrogens is 394 g/mol. The second-order valence-corrected chi connectivity index (χ2v) is 10.00. The Balaban J connectivity index is 2.72. The quantitative estimate of drug-likeness (QED) is 0.551. The molecule has 0 saturated heterocycles. The first-order valence-corrected chi connectivity index (χ1v) is 11.4. The molecule has 4 nitrogen and oxygen atoms in total. The number of halogens is 1. The zero-order chi connectivity index (χ0) is 21.2. The van der Waals surface area contributed by atoms with E-state index in [9.17, 15) is 8.42 Å². The molecule has 6 heteroatoms. The van der Waals surface area contributed by atoms with Crippen molar-refractivity contribution in [2.24, 2.45) is 0 Å². The van der Waals surface area contributed by atoms with Gasteiger partial charge in [-0.2, -0.15) is 0 Å². The van der Waals surface area contributed by atoms with Crippen molar-refractivity contribution in [3.63, 3.8) is 0 Å². The van der Waals surface area contributed by atoms with Crippen LogP contribution in [0.2, 0.25) is 5.02 Å². The fourth-order valence-corrected chi connectivity index (χ4v) is 5.09. The van der Waals surface area contributed by atoms with E-state index in [0.29, 0.717) is 27.3 Å². The van der Waals surface area contributed by atoms with Gasteiger partial charge in [-0.25, -0.2) is 8.42 Å². The summed E-state index contributed by atoms with van der Waals surface area (Å²) >= 11 is 6.08. The molecule has 28 heavy (non-hydrogen) atoms. The fourth-order valence-electron chi connectivity index (χ4n) is 3.16. The third kappa shape index (κ3) is 4.81. The van der Waals surface area contributed by atoms with Gasteiger partial charge in [0.2, 0.25) is 0 Å². The Hall–Kier alpha value is -1.72. The number of anilines is 1. The molecule has 0 aliphatic rings. The van der Waals surface area contributed by atoms with Crippen LogP contribution in [0.5, 0.6) is 5.75 Å². The van der Waals surface area contributed by atoms with Crippen LogP contribution in [0, 0.1) is 0 Å². The highest BCUT2D eigenvalue weighted by Crippen LogP contribution is 2.37. The number of hydrogen-bond acceptors (Lipinski definition) is 3. The Bertz CT molecular complexity index is 921. The highest BCUT2D eigenvalue weighted by atomic mass is 35.5. The monoisotopic (exact) mass is 423 g/mol. The summed E-state index contributed by atoms with van der Waals surface area (Å²) < 4.78 is 35.0. The normalized spacial score (nSPS) is 12.1. The smallest absolute Gasteiger partial charge is 0.262 e. The van der Waals surface area contributed by atoms with Crippen molar-refractivity contribution in [2.45, 2.75) is 64.2 Å². The summed E-state index contributed by atoms with van der Waals surface area (Å²) in [7, 11) is -2.35. The van der Waals surface area contributed by atoms with Gasteiger partial charge < -0.3 is 4.74 Å². The number of nitrogens with one attached hydrogen (secondary N) is 1. The van der Waals surface area contributed by atoms with Crippen molar-refractivity contribution >= 4 is 27.3 Å². The number of methoxy groups -OCH3 is 1. The van der Waals surface area contributed by atoms with Gasteiger partial charge in [0.15, 0.2) is 0 Å². The molecule has 2 aromatic carbocycles. The predicted molar refractivity (Wildman–Crippen MR) is 118 cm³/mol. The van der Waals surface area contributed by atoms with Crippen molar-refractivity contribution in [3.8, 4) is 5.75 Å². The molecule has 1 N–H and O–H groups in total. The second kappa shape index (κ2) is 8.75. The standard InChI is InChI=1S/C22H30ClNO3S/c1-13(2)16-10-18(14(3)4)22(19(11-16)15(5)6)28(25,26)24-20-12-17(23)8-9-21(20)27-7/h8-15,24H,1-7H3. The Morgan fingerprint density at radius 2 is 1.43 bits per heavy atom. The Kier molecular flexibility index (Phi) is 7.05. The molecule has 0 fully saturated rings. The zero-order valence-corrected chi connectivity index (χ0v) is 19.2. The SMILES string of the molecule is COc1ccc(Cl)cc1NS(=O)(=O)c1c(C(C)C)cc(C(C)C)cc1C(C)C. The van der Waals surface area contributed by atoms with Crippen LogP contribution in [-0.2, 0) is 10.0 Å². The van der Waals surface area contributed by atoms with Crippen LogP contribution in [0.1, 0.15) is 76.0 Å². The molecule has 2 aromatic rings. The maximum absolute atomic E-state index is 13.5. The topological polar surface area (TPSA) is 55.4 Å². The van der Waals surface area contributed by atoms with Crippen LogP contribution < -0.4 is 9.46 Å². The molecule has 0 radical (unpaired) electrons. The van der Waals surface area contributed by atoms with E-state index < -0.39 is 10.0 Å². The minimum Gasteiger partial charge on any atom is -0.495 e. The third-order valence-corrected chi connectivity index (χ3v) is 6.49. The summed E-state index contributed by atoms with van der Waals surface area (Å²) in [5.41, 5.74) is 3.12. The first-order valence-electron chi connectivity index (χ1n) is 9.52. The summed E-state index contributed by atoms with van der Waals surface area (Å²) in [6.45, 7) is 12.3. The van der Waals surface area contributed by atoms with E-state index in [1.54, 1.807) is 18.2 Å². The highest BCUT2D eigenvalue weighted by Gasteiger charge is 2.27. The lowest BCUT2D eigenvalue weighted by Gasteiger charge is -2.23. The van der Waals surface area contributed by atoms with E-state index in [-0.39, 0.29) is 11.8 Å². The number of hydrogen-bond donors (Lipinski definition) is 1. The average molecular weight is 424 g/mol. The molecule has 0 spiro atoms. The van der Waals surface area contributed by atoms with Gasteiger partial charge in [0.25, 0.3) is 10.0 Å². The van der Waals surface area contributed by atoms with Gasteiger partial charge in [-0.1, -0.05) is 65.3 Å². The molecule has 0 aliphatic heterocycles. The van der Waals surface area contributed by atoms with E-state index in [0.717, 1.165) is 16.7 Å². The summed E-state index contributed by atoms with van der Waals surface area (Å²) in [6, 6.07) is 8.91. The minimum atomic E-state index is -3.85. The zero-order valence-electron chi connectivity index (χ0n) is 17.6. The van der Waals surface area contributed by atoms with Crippen molar-refractivity contribution in [3.05, 3.63) is 52.0 Å². The predicted octanol–water partition coefficient (Wildman–Crippen LogP) is 6.52. The van der Waals surface area contributed by atoms with E-state index in [1.807, 2.05) is 39.8 Å². The lowest BCUT2D eigenvalue weighted by atomic mass is 9.89. The lowest BCUT2D eigenvalue weighted by Crippen LogP contribution is -2.19. The van der Waals surface area contributed by atoms with Crippen LogP contribution in [0.4, 0.5) is 5.69 Å². The van der Waals surface area contributed by atoms with Crippen molar-refractivity contribution in [2.75, 3.05) is 11.8 Å². The van der Waals surface area contributed by atoms with E-state index >= 15 is 0 Å². The molecule has 0 saturated carbocycles. The Morgan fingerprint density at radius 1 is 0.893 bits per heavy atom. The number of ether oxygens (including phenoxy) is 1. The fraction of sp³-hybridized carbons (Fsp3) is 0.455. The molecule has 0 atom stereocenters. The number of sulfonamides is 1. The summed E-state index contributed by atoms with van der Waals surface area (Å²) in [4.78, 5) is 0.351. The van der Waals surface area contributed by atoms with Crippen molar-refractivity contribution < 1.29 is 13.2 Å². The molecule has 2 rings (SSSR count). The molecule has 0 unspecified atom stereocenters. The maximum Gasteiger partial charge on any atom is 0.262 e. The first-order chi connectivity index (χ1) is 13.0. The molecule has 0 amide bonds. The lowest BCUT2D eigenvalue weighted by molar-refractivity contribution is 0.417. The van der Waals surface area contributed by atoms with Crippen LogP contribution in [-0.4, -0.2) is 15.5 Å². The maximum atomic E-state index is 13.5. The second-order valence-electron chi connectivity index (χ2n) is 7.94. The molecule has 0 heterocycles. The summed E-state index contributed by atoms with van der Waals surface area (Å²) in [5, 5.41) is 0.432. The Labute approximate surface area is 174 Å². The van der Waals surface area contributed by atoms with E-state index in [1.165, 1.54) is 7.11 Å². The molecule has 0 aliphatic carbocycles. The largest absolute Gasteiger partial charge is 0.495 e.